The van der Waals surface area contributed by atoms with Gasteiger partial charge < -0.3 is 10.7 Å². The fourth-order valence-electron chi connectivity index (χ4n) is 2.50. The Labute approximate surface area is 113 Å². The van der Waals surface area contributed by atoms with Crippen LogP contribution in [0.1, 0.15) is 49.5 Å². The van der Waals surface area contributed by atoms with Gasteiger partial charge in [0.2, 0.25) is 0 Å². The molecule has 2 rings (SSSR count). The van der Waals surface area contributed by atoms with Crippen LogP contribution in [-0.2, 0) is 0 Å². The van der Waals surface area contributed by atoms with E-state index in [0.717, 1.165) is 0 Å². The lowest BCUT2D eigenvalue weighted by atomic mass is 9.76. The van der Waals surface area contributed by atoms with Crippen molar-refractivity contribution in [3.8, 4) is 0 Å². The Morgan fingerprint density at radius 3 is 2.63 bits per heavy atom. The molecule has 1 aromatic rings. The van der Waals surface area contributed by atoms with Crippen molar-refractivity contribution in [3.05, 3.63) is 17.8 Å². The number of nitrogens with one attached hydrogen (secondary N) is 2. The third-order valence-corrected chi connectivity index (χ3v) is 3.78. The van der Waals surface area contributed by atoms with E-state index >= 15 is 0 Å². The Bertz CT molecular complexity index is 425. The van der Waals surface area contributed by atoms with Crippen molar-refractivity contribution in [1.82, 2.24) is 15.5 Å². The van der Waals surface area contributed by atoms with Crippen LogP contribution < -0.4 is 16.6 Å². The molecule has 1 aromatic heterocycles. The van der Waals surface area contributed by atoms with Crippen LogP contribution in [0.4, 0.5) is 5.82 Å². The molecular weight excluding hydrogens is 242 g/mol. The SMILES string of the molecule is CC1(CNC(=O)c2ccc(NN)nn2)CCCCC1. The standard InChI is InChI=1S/C13H21N5O/c1-13(7-3-2-4-8-13)9-15-12(19)10-5-6-11(16-14)18-17-10/h5-6H,2-4,7-9,14H2,1H3,(H,15,19)(H,16,18). The number of rotatable bonds is 4. The predicted octanol–water partition coefficient (Wildman–Crippen LogP) is 1.46. The van der Waals surface area contributed by atoms with Gasteiger partial charge in [0.05, 0.1) is 0 Å². The van der Waals surface area contributed by atoms with Crippen LogP contribution in [0.25, 0.3) is 0 Å². The lowest BCUT2D eigenvalue weighted by molar-refractivity contribution is 0.0913. The lowest BCUT2D eigenvalue weighted by Crippen LogP contribution is -2.37. The van der Waals surface area contributed by atoms with Crippen LogP contribution in [0, 0.1) is 5.41 Å². The van der Waals surface area contributed by atoms with Gasteiger partial charge in [-0.2, -0.15) is 0 Å². The summed E-state index contributed by atoms with van der Waals surface area (Å²) in [6.07, 6.45) is 6.17. The van der Waals surface area contributed by atoms with E-state index in [1.807, 2.05) is 0 Å². The van der Waals surface area contributed by atoms with E-state index in [9.17, 15) is 4.79 Å². The number of hydrogen-bond acceptors (Lipinski definition) is 5. The van der Waals surface area contributed by atoms with Crippen molar-refractivity contribution in [3.63, 3.8) is 0 Å². The first-order valence-electron chi connectivity index (χ1n) is 6.71. The van der Waals surface area contributed by atoms with Crippen molar-refractivity contribution in [2.24, 2.45) is 11.3 Å². The molecule has 0 bridgehead atoms. The molecule has 0 aliphatic heterocycles. The van der Waals surface area contributed by atoms with Gasteiger partial charge in [-0.3, -0.25) is 4.79 Å². The summed E-state index contributed by atoms with van der Waals surface area (Å²) in [5, 5.41) is 10.6. The van der Waals surface area contributed by atoms with Crippen molar-refractivity contribution < 1.29 is 4.79 Å². The highest BCUT2D eigenvalue weighted by Crippen LogP contribution is 2.34. The zero-order valence-electron chi connectivity index (χ0n) is 11.3. The van der Waals surface area contributed by atoms with E-state index in [2.05, 4.69) is 27.9 Å². The molecule has 19 heavy (non-hydrogen) atoms. The number of nitrogens with zero attached hydrogens (tertiary/aromatic N) is 2. The third-order valence-electron chi connectivity index (χ3n) is 3.78. The van der Waals surface area contributed by atoms with Gasteiger partial charge in [-0.05, 0) is 30.4 Å². The summed E-state index contributed by atoms with van der Waals surface area (Å²) in [5.74, 6) is 5.46. The number of carbonyl (C=O) groups is 1. The number of nitrogens with two attached hydrogens (primary N) is 1. The van der Waals surface area contributed by atoms with E-state index in [-0.39, 0.29) is 11.3 Å². The number of amides is 1. The molecule has 1 heterocycles. The first-order chi connectivity index (χ1) is 9.13. The summed E-state index contributed by atoms with van der Waals surface area (Å²) in [5.41, 5.74) is 2.92. The maximum atomic E-state index is 12.0. The second kappa shape index (κ2) is 5.97. The van der Waals surface area contributed by atoms with Gasteiger partial charge in [0, 0.05) is 6.54 Å². The molecular formula is C13H21N5O. The highest BCUT2D eigenvalue weighted by Gasteiger charge is 2.27. The molecule has 4 N–H and O–H groups in total. The minimum Gasteiger partial charge on any atom is -0.350 e. The fourth-order valence-corrected chi connectivity index (χ4v) is 2.50. The first kappa shape index (κ1) is 13.7. The Balaban J connectivity index is 1.89. The topological polar surface area (TPSA) is 92.9 Å². The number of nitrogen functional groups attached to an aromatic ring is 1. The second-order valence-corrected chi connectivity index (χ2v) is 5.50. The zero-order chi connectivity index (χ0) is 13.7. The maximum absolute atomic E-state index is 12.0. The monoisotopic (exact) mass is 263 g/mol. The summed E-state index contributed by atoms with van der Waals surface area (Å²) in [7, 11) is 0. The molecule has 6 nitrogen and oxygen atoms in total. The highest BCUT2D eigenvalue weighted by atomic mass is 16.1. The lowest BCUT2D eigenvalue weighted by Gasteiger charge is -2.33. The molecule has 1 amide bonds. The summed E-state index contributed by atoms with van der Waals surface area (Å²) in [4.78, 5) is 12.0. The van der Waals surface area contributed by atoms with Crippen LogP contribution in [0.15, 0.2) is 12.1 Å². The van der Waals surface area contributed by atoms with Gasteiger partial charge in [-0.15, -0.1) is 10.2 Å². The molecule has 0 spiro atoms. The van der Waals surface area contributed by atoms with Crippen LogP contribution in [0.2, 0.25) is 0 Å². The maximum Gasteiger partial charge on any atom is 0.271 e. The van der Waals surface area contributed by atoms with E-state index in [4.69, 9.17) is 5.84 Å². The number of anilines is 1. The van der Waals surface area contributed by atoms with E-state index in [0.29, 0.717) is 18.1 Å². The predicted molar refractivity (Wildman–Crippen MR) is 73.4 cm³/mol. The van der Waals surface area contributed by atoms with Crippen molar-refractivity contribution in [2.45, 2.75) is 39.0 Å². The molecule has 6 heteroatoms. The molecule has 0 atom stereocenters. The number of hydrogen-bond donors (Lipinski definition) is 3. The smallest absolute Gasteiger partial charge is 0.271 e. The highest BCUT2D eigenvalue weighted by molar-refractivity contribution is 5.92. The Kier molecular flexibility index (Phi) is 4.31. The minimum atomic E-state index is -0.178. The summed E-state index contributed by atoms with van der Waals surface area (Å²) in [6, 6.07) is 3.24. The fraction of sp³-hybridized carbons (Fsp3) is 0.615. The van der Waals surface area contributed by atoms with Gasteiger partial charge in [0.25, 0.3) is 5.91 Å². The van der Waals surface area contributed by atoms with Gasteiger partial charge in [0.1, 0.15) is 0 Å². The van der Waals surface area contributed by atoms with Gasteiger partial charge in [-0.1, -0.05) is 26.2 Å². The molecule has 1 aliphatic carbocycles. The molecule has 0 aromatic carbocycles. The van der Waals surface area contributed by atoms with Gasteiger partial charge in [-0.25, -0.2) is 5.84 Å². The van der Waals surface area contributed by atoms with Crippen LogP contribution in [-0.4, -0.2) is 22.6 Å². The van der Waals surface area contributed by atoms with E-state index < -0.39 is 0 Å². The first-order valence-corrected chi connectivity index (χ1v) is 6.71. The van der Waals surface area contributed by atoms with Crippen molar-refractivity contribution in [2.75, 3.05) is 12.0 Å². The molecule has 0 unspecified atom stereocenters. The number of hydrazine groups is 1. The Morgan fingerprint density at radius 1 is 1.32 bits per heavy atom. The Morgan fingerprint density at radius 2 is 2.05 bits per heavy atom. The van der Waals surface area contributed by atoms with Crippen LogP contribution >= 0.6 is 0 Å². The molecule has 0 radical (unpaired) electrons. The molecule has 1 saturated carbocycles. The van der Waals surface area contributed by atoms with Crippen LogP contribution in [0.3, 0.4) is 0 Å². The van der Waals surface area contributed by atoms with E-state index in [1.165, 1.54) is 32.1 Å². The van der Waals surface area contributed by atoms with Crippen molar-refractivity contribution >= 4 is 11.7 Å². The second-order valence-electron chi connectivity index (χ2n) is 5.50. The number of aromatic nitrogens is 2. The molecule has 0 saturated heterocycles. The third kappa shape index (κ3) is 3.64. The summed E-state index contributed by atoms with van der Waals surface area (Å²) < 4.78 is 0. The minimum absolute atomic E-state index is 0.178. The largest absolute Gasteiger partial charge is 0.350 e. The van der Waals surface area contributed by atoms with E-state index in [1.54, 1.807) is 12.1 Å². The normalized spacial score (nSPS) is 17.8. The van der Waals surface area contributed by atoms with Crippen LogP contribution in [0.5, 0.6) is 0 Å². The van der Waals surface area contributed by atoms with Gasteiger partial charge in [0.15, 0.2) is 11.5 Å². The van der Waals surface area contributed by atoms with Gasteiger partial charge >= 0.3 is 0 Å². The quantitative estimate of drug-likeness (QED) is 0.565. The summed E-state index contributed by atoms with van der Waals surface area (Å²) in [6.45, 7) is 2.93. The average Bonchev–Trinajstić information content (AvgIpc) is 2.46. The number of carbonyl (C=O) groups excluding carboxylic acids is 1. The zero-order valence-corrected chi connectivity index (χ0v) is 11.3. The van der Waals surface area contributed by atoms with Crippen molar-refractivity contribution in [1.29, 1.82) is 0 Å². The Hall–Kier alpha value is -1.69. The summed E-state index contributed by atoms with van der Waals surface area (Å²) >= 11 is 0. The molecule has 1 fully saturated rings. The molecule has 1 aliphatic rings. The molecule has 104 valence electrons. The average molecular weight is 263 g/mol.